The van der Waals surface area contributed by atoms with Crippen LogP contribution in [0.3, 0.4) is 0 Å². The van der Waals surface area contributed by atoms with Gasteiger partial charge in [0.15, 0.2) is 0 Å². The molecule has 1 N–H and O–H groups in total. The minimum atomic E-state index is -5.72. The second-order valence-corrected chi connectivity index (χ2v) is 3.26. The quantitative estimate of drug-likeness (QED) is 0.857. The van der Waals surface area contributed by atoms with Gasteiger partial charge in [0.25, 0.3) is 0 Å². The lowest BCUT2D eigenvalue weighted by Crippen LogP contribution is -2.47. The van der Waals surface area contributed by atoms with Crippen molar-refractivity contribution in [3.8, 4) is 5.75 Å². The molecular formula is C10H8F5NO2. The van der Waals surface area contributed by atoms with E-state index in [1.165, 1.54) is 29.6 Å². The molecule has 18 heavy (non-hydrogen) atoms. The Bertz CT molecular complexity index is 404. The molecule has 0 bridgehead atoms. The van der Waals surface area contributed by atoms with Crippen molar-refractivity contribution in [1.29, 1.82) is 0 Å². The topological polar surface area (TPSA) is 38.3 Å². The maximum atomic E-state index is 12.4. The van der Waals surface area contributed by atoms with Crippen molar-refractivity contribution in [3.05, 3.63) is 30.3 Å². The number of benzene rings is 1. The van der Waals surface area contributed by atoms with Crippen molar-refractivity contribution >= 4 is 6.09 Å². The van der Waals surface area contributed by atoms with E-state index in [0.29, 0.717) is 0 Å². The number of nitrogens with one attached hydrogen (secondary N) is 1. The third-order valence-electron chi connectivity index (χ3n) is 1.82. The van der Waals surface area contributed by atoms with Crippen LogP contribution in [0.5, 0.6) is 5.75 Å². The Labute approximate surface area is 98.5 Å². The molecule has 0 unspecified atom stereocenters. The zero-order valence-corrected chi connectivity index (χ0v) is 8.80. The molecule has 0 atom stereocenters. The van der Waals surface area contributed by atoms with E-state index in [4.69, 9.17) is 0 Å². The standard InChI is InChI=1S/C10H8F5NO2/c11-9(12,10(13,14)15)6-16-8(17)18-7-4-2-1-3-5-7/h1-5H,6H2,(H,16,17). The first-order chi connectivity index (χ1) is 8.22. The summed E-state index contributed by atoms with van der Waals surface area (Å²) in [4.78, 5) is 11.0. The van der Waals surface area contributed by atoms with Crippen LogP contribution < -0.4 is 10.1 Å². The van der Waals surface area contributed by atoms with Gasteiger partial charge < -0.3 is 10.1 Å². The average Bonchev–Trinajstić information content (AvgIpc) is 2.26. The summed E-state index contributed by atoms with van der Waals surface area (Å²) in [7, 11) is 0. The number of rotatable bonds is 3. The SMILES string of the molecule is O=C(NCC(F)(F)C(F)(F)F)Oc1ccccc1. The van der Waals surface area contributed by atoms with Crippen LogP contribution in [0.15, 0.2) is 30.3 Å². The Morgan fingerprint density at radius 2 is 1.67 bits per heavy atom. The molecule has 0 fully saturated rings. The fourth-order valence-corrected chi connectivity index (χ4v) is 0.915. The summed E-state index contributed by atoms with van der Waals surface area (Å²) in [5, 5.41) is 1.35. The molecule has 8 heteroatoms. The van der Waals surface area contributed by atoms with Gasteiger partial charge in [0.2, 0.25) is 0 Å². The van der Waals surface area contributed by atoms with Crippen molar-refractivity contribution < 1.29 is 31.5 Å². The van der Waals surface area contributed by atoms with Crippen molar-refractivity contribution in [2.45, 2.75) is 12.1 Å². The number of alkyl halides is 5. The van der Waals surface area contributed by atoms with Crippen molar-refractivity contribution in [3.63, 3.8) is 0 Å². The maximum Gasteiger partial charge on any atom is 0.455 e. The molecule has 0 spiro atoms. The second kappa shape index (κ2) is 5.19. The van der Waals surface area contributed by atoms with Crippen LogP contribution in [-0.2, 0) is 0 Å². The highest BCUT2D eigenvalue weighted by Gasteiger charge is 2.57. The predicted octanol–water partition coefficient (Wildman–Crippen LogP) is 2.97. The number of hydrogen-bond acceptors (Lipinski definition) is 2. The molecule has 0 aliphatic heterocycles. The van der Waals surface area contributed by atoms with Crippen LogP contribution in [0.2, 0.25) is 0 Å². The maximum absolute atomic E-state index is 12.4. The average molecular weight is 269 g/mol. The first kappa shape index (κ1) is 14.2. The minimum Gasteiger partial charge on any atom is -0.410 e. The highest BCUT2D eigenvalue weighted by Crippen LogP contribution is 2.34. The summed E-state index contributed by atoms with van der Waals surface area (Å²) in [6, 6.07) is 7.32. The van der Waals surface area contributed by atoms with Gasteiger partial charge in [-0.15, -0.1) is 0 Å². The van der Waals surface area contributed by atoms with E-state index in [2.05, 4.69) is 4.74 Å². The van der Waals surface area contributed by atoms with Gasteiger partial charge in [-0.2, -0.15) is 22.0 Å². The lowest BCUT2D eigenvalue weighted by atomic mass is 10.3. The van der Waals surface area contributed by atoms with Gasteiger partial charge in [-0.3, -0.25) is 0 Å². The molecular weight excluding hydrogens is 261 g/mol. The van der Waals surface area contributed by atoms with E-state index in [0.717, 1.165) is 0 Å². The number of hydrogen-bond donors (Lipinski definition) is 1. The lowest BCUT2D eigenvalue weighted by molar-refractivity contribution is -0.278. The zero-order valence-electron chi connectivity index (χ0n) is 8.80. The molecule has 100 valence electrons. The zero-order chi connectivity index (χ0) is 13.8. The molecule has 0 heterocycles. The van der Waals surface area contributed by atoms with E-state index in [-0.39, 0.29) is 5.75 Å². The number of amides is 1. The number of para-hydroxylation sites is 1. The lowest BCUT2D eigenvalue weighted by Gasteiger charge is -2.19. The van der Waals surface area contributed by atoms with Gasteiger partial charge >= 0.3 is 18.2 Å². The summed E-state index contributed by atoms with van der Waals surface area (Å²) < 4.78 is 64.6. The Kier molecular flexibility index (Phi) is 4.10. The summed E-state index contributed by atoms with van der Waals surface area (Å²) in [5.41, 5.74) is 0. The molecule has 1 rings (SSSR count). The van der Waals surface area contributed by atoms with E-state index in [1.54, 1.807) is 6.07 Å². The van der Waals surface area contributed by atoms with Crippen LogP contribution in [0, 0.1) is 0 Å². The predicted molar refractivity (Wildman–Crippen MR) is 51.5 cm³/mol. The monoisotopic (exact) mass is 269 g/mol. The third-order valence-corrected chi connectivity index (χ3v) is 1.82. The molecule has 0 aliphatic rings. The largest absolute Gasteiger partial charge is 0.455 e. The summed E-state index contributed by atoms with van der Waals surface area (Å²) in [6.07, 6.45) is -7.10. The Balaban J connectivity index is 2.48. The summed E-state index contributed by atoms with van der Waals surface area (Å²) in [5.74, 6) is -4.96. The summed E-state index contributed by atoms with van der Waals surface area (Å²) >= 11 is 0. The number of carbonyl (C=O) groups excluding carboxylic acids is 1. The molecule has 1 aromatic rings. The fraction of sp³-hybridized carbons (Fsp3) is 0.300. The third kappa shape index (κ3) is 3.86. The van der Waals surface area contributed by atoms with Crippen LogP contribution in [0.4, 0.5) is 26.7 Å². The molecule has 0 saturated carbocycles. The van der Waals surface area contributed by atoms with Gasteiger partial charge in [0.1, 0.15) is 5.75 Å². The van der Waals surface area contributed by atoms with E-state index in [1.807, 2.05) is 0 Å². The number of halogens is 5. The summed E-state index contributed by atoms with van der Waals surface area (Å²) in [6.45, 7) is -1.87. The van der Waals surface area contributed by atoms with Gasteiger partial charge in [-0.25, -0.2) is 4.79 Å². The first-order valence-corrected chi connectivity index (χ1v) is 4.68. The molecule has 0 aliphatic carbocycles. The molecule has 1 amide bonds. The Hall–Kier alpha value is -1.86. The van der Waals surface area contributed by atoms with E-state index < -0.39 is 24.7 Å². The van der Waals surface area contributed by atoms with Gasteiger partial charge in [0, 0.05) is 0 Å². The highest BCUT2D eigenvalue weighted by molar-refractivity contribution is 5.70. The van der Waals surface area contributed by atoms with Gasteiger partial charge in [-0.1, -0.05) is 18.2 Å². The molecule has 0 saturated heterocycles. The fourth-order valence-electron chi connectivity index (χ4n) is 0.915. The first-order valence-electron chi connectivity index (χ1n) is 4.68. The van der Waals surface area contributed by atoms with Crippen LogP contribution in [0.1, 0.15) is 0 Å². The molecule has 0 aromatic heterocycles. The smallest absolute Gasteiger partial charge is 0.410 e. The van der Waals surface area contributed by atoms with E-state index in [9.17, 15) is 26.7 Å². The second-order valence-electron chi connectivity index (χ2n) is 3.26. The molecule has 3 nitrogen and oxygen atoms in total. The highest BCUT2D eigenvalue weighted by atomic mass is 19.4. The van der Waals surface area contributed by atoms with Gasteiger partial charge in [-0.05, 0) is 12.1 Å². The van der Waals surface area contributed by atoms with Crippen LogP contribution in [0.25, 0.3) is 0 Å². The van der Waals surface area contributed by atoms with Crippen LogP contribution >= 0.6 is 0 Å². The number of carbonyl (C=O) groups is 1. The van der Waals surface area contributed by atoms with E-state index >= 15 is 0 Å². The molecule has 0 radical (unpaired) electrons. The van der Waals surface area contributed by atoms with Crippen molar-refractivity contribution in [1.82, 2.24) is 5.32 Å². The van der Waals surface area contributed by atoms with Crippen LogP contribution in [-0.4, -0.2) is 24.7 Å². The van der Waals surface area contributed by atoms with Gasteiger partial charge in [0.05, 0.1) is 6.54 Å². The number of ether oxygens (including phenoxy) is 1. The minimum absolute atomic E-state index is 0.0327. The van der Waals surface area contributed by atoms with Crippen molar-refractivity contribution in [2.75, 3.05) is 6.54 Å². The van der Waals surface area contributed by atoms with Crippen molar-refractivity contribution in [2.24, 2.45) is 0 Å². The normalized spacial score (nSPS) is 12.1. The Morgan fingerprint density at radius 3 is 2.17 bits per heavy atom. The molecule has 1 aromatic carbocycles. The Morgan fingerprint density at radius 1 is 1.11 bits per heavy atom.